The first-order valence-electron chi connectivity index (χ1n) is 2.05. The summed E-state index contributed by atoms with van der Waals surface area (Å²) in [5.74, 6) is 0. The van der Waals surface area contributed by atoms with E-state index < -0.39 is 5.60 Å². The molecule has 3 heteroatoms. The Hall–Kier alpha value is -0.120. The maximum absolute atomic E-state index is 8.73. The highest BCUT2D eigenvalue weighted by atomic mass is 17.1. The summed E-state index contributed by atoms with van der Waals surface area (Å²) in [6, 6.07) is 0. The van der Waals surface area contributed by atoms with Crippen LogP contribution >= 0.6 is 0 Å². The highest BCUT2D eigenvalue weighted by molar-refractivity contribution is 4.60. The van der Waals surface area contributed by atoms with Crippen molar-refractivity contribution >= 4 is 0 Å². The van der Waals surface area contributed by atoms with Gasteiger partial charge in [-0.1, -0.05) is 0 Å². The van der Waals surface area contributed by atoms with E-state index in [1.807, 2.05) is 0 Å². The Morgan fingerprint density at radius 3 is 2.00 bits per heavy atom. The molecule has 0 spiro atoms. The van der Waals surface area contributed by atoms with Gasteiger partial charge in [0, 0.05) is 0 Å². The van der Waals surface area contributed by atoms with E-state index in [4.69, 9.17) is 10.4 Å². The van der Waals surface area contributed by atoms with E-state index in [-0.39, 0.29) is 6.61 Å². The summed E-state index contributed by atoms with van der Waals surface area (Å²) in [6.45, 7) is 3.04. The average Bonchev–Trinajstić information content (AvgIpc) is 1.30. The van der Waals surface area contributed by atoms with Crippen LogP contribution in [0.2, 0.25) is 0 Å². The first-order valence-corrected chi connectivity index (χ1v) is 2.05. The van der Waals surface area contributed by atoms with Crippen LogP contribution in [0.1, 0.15) is 13.8 Å². The first-order chi connectivity index (χ1) is 3.06. The predicted octanol–water partition coefficient (Wildman–Crippen LogP) is 0.247. The smallest absolute Gasteiger partial charge is 0.110 e. The fourth-order valence-electron chi connectivity index (χ4n) is 0.158. The van der Waals surface area contributed by atoms with Crippen molar-refractivity contribution in [2.24, 2.45) is 0 Å². The van der Waals surface area contributed by atoms with Gasteiger partial charge >= 0.3 is 0 Å². The maximum atomic E-state index is 8.73. The van der Waals surface area contributed by atoms with Crippen molar-refractivity contribution in [3.8, 4) is 0 Å². The molecule has 7 heavy (non-hydrogen) atoms. The molecule has 0 aromatic heterocycles. The van der Waals surface area contributed by atoms with Crippen molar-refractivity contribution in [2.45, 2.75) is 19.4 Å². The minimum atomic E-state index is -0.922. The monoisotopic (exact) mass is 106 g/mol. The molecule has 0 aliphatic heterocycles. The van der Waals surface area contributed by atoms with E-state index in [1.165, 1.54) is 0 Å². The molecule has 0 bridgehead atoms. The quantitative estimate of drug-likeness (QED) is 0.392. The minimum absolute atomic E-state index is 0.0486. The second kappa shape index (κ2) is 2.26. The van der Waals surface area contributed by atoms with Crippen LogP contribution < -0.4 is 0 Å². The summed E-state index contributed by atoms with van der Waals surface area (Å²) in [6.07, 6.45) is 0. The van der Waals surface area contributed by atoms with Gasteiger partial charge in [0.25, 0.3) is 0 Å². The van der Waals surface area contributed by atoms with Crippen LogP contribution in [0.4, 0.5) is 0 Å². The molecular formula is C4H10O3. The van der Waals surface area contributed by atoms with Crippen LogP contribution in [0.15, 0.2) is 0 Å². The maximum Gasteiger partial charge on any atom is 0.110 e. The largest absolute Gasteiger partial charge is 0.388 e. The molecular weight excluding hydrogens is 96.0 g/mol. The minimum Gasteiger partial charge on any atom is -0.388 e. The zero-order valence-corrected chi connectivity index (χ0v) is 4.51. The van der Waals surface area contributed by atoms with Crippen molar-refractivity contribution < 1.29 is 15.3 Å². The Labute approximate surface area is 42.5 Å². The van der Waals surface area contributed by atoms with Gasteiger partial charge in [0.15, 0.2) is 0 Å². The van der Waals surface area contributed by atoms with Crippen molar-refractivity contribution in [2.75, 3.05) is 6.61 Å². The van der Waals surface area contributed by atoms with E-state index in [0.717, 1.165) is 0 Å². The van der Waals surface area contributed by atoms with Gasteiger partial charge in [-0.2, -0.15) is 0 Å². The Bertz CT molecular complexity index is 45.4. The van der Waals surface area contributed by atoms with Crippen LogP contribution in [0, 0.1) is 0 Å². The van der Waals surface area contributed by atoms with Crippen LogP contribution in [0.25, 0.3) is 0 Å². The fraction of sp³-hybridized carbons (Fsp3) is 1.00. The standard InChI is InChI=1S/C4H10O3/c1-4(2,5)3-7-6/h5-6H,3H2,1-2H3. The molecule has 0 amide bonds. The van der Waals surface area contributed by atoms with E-state index in [2.05, 4.69) is 4.89 Å². The second-order valence-electron chi connectivity index (χ2n) is 2.09. The summed E-state index contributed by atoms with van der Waals surface area (Å²) < 4.78 is 0. The molecule has 0 saturated heterocycles. The molecule has 0 aromatic carbocycles. The third-order valence-corrected chi connectivity index (χ3v) is 0.418. The zero-order chi connectivity index (χ0) is 5.91. The number of hydrogen-bond donors (Lipinski definition) is 2. The van der Waals surface area contributed by atoms with Gasteiger partial charge in [0.1, 0.15) is 6.61 Å². The van der Waals surface area contributed by atoms with E-state index in [0.29, 0.717) is 0 Å². The Morgan fingerprint density at radius 1 is 1.57 bits per heavy atom. The van der Waals surface area contributed by atoms with Crippen LogP contribution in [-0.4, -0.2) is 22.6 Å². The molecule has 0 fully saturated rings. The topological polar surface area (TPSA) is 49.7 Å². The fourth-order valence-corrected chi connectivity index (χ4v) is 0.158. The van der Waals surface area contributed by atoms with Gasteiger partial charge in [-0.15, -0.1) is 0 Å². The lowest BCUT2D eigenvalue weighted by Crippen LogP contribution is -2.24. The first kappa shape index (κ1) is 6.88. The number of rotatable bonds is 2. The molecule has 3 nitrogen and oxygen atoms in total. The average molecular weight is 106 g/mol. The molecule has 0 aliphatic carbocycles. The second-order valence-corrected chi connectivity index (χ2v) is 2.09. The summed E-state index contributed by atoms with van der Waals surface area (Å²) in [5, 5.41) is 16.5. The summed E-state index contributed by atoms with van der Waals surface area (Å²) in [7, 11) is 0. The molecule has 0 aliphatic rings. The third-order valence-electron chi connectivity index (χ3n) is 0.418. The molecule has 0 heterocycles. The van der Waals surface area contributed by atoms with Crippen molar-refractivity contribution in [3.05, 3.63) is 0 Å². The van der Waals surface area contributed by atoms with Gasteiger partial charge in [-0.3, -0.25) is 5.26 Å². The summed E-state index contributed by atoms with van der Waals surface area (Å²) in [5.41, 5.74) is -0.922. The van der Waals surface area contributed by atoms with Gasteiger partial charge in [0.05, 0.1) is 5.60 Å². The summed E-state index contributed by atoms with van der Waals surface area (Å²) in [4.78, 5) is 3.66. The van der Waals surface area contributed by atoms with Crippen molar-refractivity contribution in [1.29, 1.82) is 0 Å². The van der Waals surface area contributed by atoms with Gasteiger partial charge in [0.2, 0.25) is 0 Å². The highest BCUT2D eigenvalue weighted by Gasteiger charge is 2.11. The van der Waals surface area contributed by atoms with Crippen LogP contribution in [0.3, 0.4) is 0 Å². The normalized spacial score (nSPS) is 12.0. The molecule has 0 saturated carbocycles. The van der Waals surface area contributed by atoms with Crippen LogP contribution in [-0.2, 0) is 4.89 Å². The van der Waals surface area contributed by atoms with Crippen LogP contribution in [0.5, 0.6) is 0 Å². The van der Waals surface area contributed by atoms with Crippen molar-refractivity contribution in [1.82, 2.24) is 0 Å². The molecule has 44 valence electrons. The summed E-state index contributed by atoms with van der Waals surface area (Å²) >= 11 is 0. The third kappa shape index (κ3) is 5.88. The van der Waals surface area contributed by atoms with E-state index >= 15 is 0 Å². The zero-order valence-electron chi connectivity index (χ0n) is 4.51. The van der Waals surface area contributed by atoms with E-state index in [1.54, 1.807) is 13.8 Å². The predicted molar refractivity (Wildman–Crippen MR) is 24.9 cm³/mol. The molecule has 2 N–H and O–H groups in total. The molecule has 0 rings (SSSR count). The molecule has 0 atom stereocenters. The SMILES string of the molecule is CC(C)(O)COO. The molecule has 0 unspecified atom stereocenters. The lowest BCUT2D eigenvalue weighted by atomic mass is 10.2. The Morgan fingerprint density at radius 2 is 2.00 bits per heavy atom. The highest BCUT2D eigenvalue weighted by Crippen LogP contribution is 1.98. The number of hydrogen-bond acceptors (Lipinski definition) is 3. The van der Waals surface area contributed by atoms with Gasteiger partial charge in [-0.25, -0.2) is 4.89 Å². The lowest BCUT2D eigenvalue weighted by Gasteiger charge is -2.12. The van der Waals surface area contributed by atoms with Gasteiger partial charge < -0.3 is 5.11 Å². The van der Waals surface area contributed by atoms with E-state index in [9.17, 15) is 0 Å². The van der Waals surface area contributed by atoms with Crippen molar-refractivity contribution in [3.63, 3.8) is 0 Å². The lowest BCUT2D eigenvalue weighted by molar-refractivity contribution is -0.268. The molecule has 0 radical (unpaired) electrons. The van der Waals surface area contributed by atoms with Gasteiger partial charge in [-0.05, 0) is 13.8 Å². The Balaban J connectivity index is 3.15. The molecule has 0 aromatic rings. The number of aliphatic hydroxyl groups is 1. The Kier molecular flexibility index (Phi) is 2.22.